The van der Waals surface area contributed by atoms with Gasteiger partial charge in [0, 0.05) is 37.6 Å². The molecule has 0 saturated carbocycles. The van der Waals surface area contributed by atoms with Gasteiger partial charge in [0.05, 0.1) is 24.2 Å². The minimum Gasteiger partial charge on any atom is -0.394 e. The molecular weight excluding hydrogens is 468 g/mol. The van der Waals surface area contributed by atoms with Crippen LogP contribution in [-0.2, 0) is 20.0 Å². The number of pyridine rings is 1. The van der Waals surface area contributed by atoms with Crippen LogP contribution in [0.3, 0.4) is 0 Å². The molecule has 12 heteroatoms. The molecule has 2 aliphatic rings. The smallest absolute Gasteiger partial charge is 0.352 e. The van der Waals surface area contributed by atoms with Gasteiger partial charge in [-0.05, 0) is 36.8 Å². The van der Waals surface area contributed by atoms with E-state index >= 15 is 0 Å². The quantitative estimate of drug-likeness (QED) is 0.181. The molecule has 0 aliphatic carbocycles. The Labute approximate surface area is 205 Å². The standard InChI is InChI=1S/C24H28N6O6/c1-13-9-16-17(10-15(13)26-8-6-14-5-3-4-7-25-14)30(11-18(32)21(34)19(33)12-31)22-20(27-16)23(35)29(2)24(36)28-22/h3-5,7,9-10,18-19,21,26,31-34H,6,8,11-12H2,1-2H3/t18-,19+,21-/m0/s1. The molecule has 190 valence electrons. The average molecular weight is 497 g/mol. The van der Waals surface area contributed by atoms with E-state index in [9.17, 15) is 24.9 Å². The van der Waals surface area contributed by atoms with Crippen molar-refractivity contribution >= 4 is 16.7 Å². The summed E-state index contributed by atoms with van der Waals surface area (Å²) in [5.74, 6) is -0.0661. The number of nitrogens with one attached hydrogen (secondary N) is 1. The second-order valence-electron chi connectivity index (χ2n) is 8.61. The summed E-state index contributed by atoms with van der Waals surface area (Å²) in [6, 6.07) is 9.22. The van der Waals surface area contributed by atoms with Crippen molar-refractivity contribution in [3.05, 3.63) is 68.6 Å². The Balaban J connectivity index is 1.81. The van der Waals surface area contributed by atoms with Gasteiger partial charge in [0.25, 0.3) is 5.56 Å². The van der Waals surface area contributed by atoms with Gasteiger partial charge < -0.3 is 30.3 Å². The molecule has 36 heavy (non-hydrogen) atoms. The van der Waals surface area contributed by atoms with Crippen molar-refractivity contribution in [3.63, 3.8) is 0 Å². The fraction of sp³-hybridized carbons (Fsp3) is 0.375. The predicted molar refractivity (Wildman–Crippen MR) is 132 cm³/mol. The summed E-state index contributed by atoms with van der Waals surface area (Å²) in [5.41, 5.74) is 1.86. The highest BCUT2D eigenvalue weighted by Gasteiger charge is 2.28. The topological polar surface area (TPSA) is 176 Å². The van der Waals surface area contributed by atoms with E-state index in [1.807, 2.05) is 25.1 Å². The van der Waals surface area contributed by atoms with Crippen molar-refractivity contribution < 1.29 is 20.4 Å². The van der Waals surface area contributed by atoms with Crippen LogP contribution in [0.25, 0.3) is 22.6 Å². The Morgan fingerprint density at radius 1 is 1.08 bits per heavy atom. The number of rotatable bonds is 9. The summed E-state index contributed by atoms with van der Waals surface area (Å²) in [7, 11) is 1.30. The highest BCUT2D eigenvalue weighted by Crippen LogP contribution is 2.27. The molecule has 4 rings (SSSR count). The maximum atomic E-state index is 12.8. The summed E-state index contributed by atoms with van der Waals surface area (Å²) in [6.45, 7) is 1.38. The number of hydrogen-bond acceptors (Lipinski definition) is 10. The number of aliphatic hydroxyl groups excluding tert-OH is 4. The van der Waals surface area contributed by atoms with Crippen molar-refractivity contribution in [1.29, 1.82) is 0 Å². The maximum Gasteiger partial charge on any atom is 0.352 e. The molecule has 0 bridgehead atoms. The number of hydrogen-bond donors (Lipinski definition) is 5. The van der Waals surface area contributed by atoms with Gasteiger partial charge in [-0.3, -0.25) is 14.3 Å². The lowest BCUT2D eigenvalue weighted by Crippen LogP contribution is -2.42. The first-order valence-electron chi connectivity index (χ1n) is 11.4. The minimum absolute atomic E-state index is 0.0661. The number of nitrogens with zero attached hydrogens (tertiary/aromatic N) is 5. The van der Waals surface area contributed by atoms with Gasteiger partial charge in [-0.2, -0.15) is 4.98 Å². The van der Waals surface area contributed by atoms with E-state index in [1.54, 1.807) is 18.3 Å². The number of aliphatic hydroxyl groups is 4. The summed E-state index contributed by atoms with van der Waals surface area (Å²) >= 11 is 0. The molecule has 0 saturated heterocycles. The molecule has 0 fully saturated rings. The van der Waals surface area contributed by atoms with E-state index in [-0.39, 0.29) is 18.1 Å². The summed E-state index contributed by atoms with van der Waals surface area (Å²) in [5, 5.41) is 43.1. The lowest BCUT2D eigenvalue weighted by Gasteiger charge is -2.25. The number of benzene rings is 1. The van der Waals surface area contributed by atoms with E-state index in [2.05, 4.69) is 20.3 Å². The summed E-state index contributed by atoms with van der Waals surface area (Å²) in [4.78, 5) is 37.9. The lowest BCUT2D eigenvalue weighted by molar-refractivity contribution is -0.0802. The summed E-state index contributed by atoms with van der Waals surface area (Å²) < 4.78 is 2.26. The van der Waals surface area contributed by atoms with E-state index in [0.29, 0.717) is 24.0 Å². The van der Waals surface area contributed by atoms with Crippen LogP contribution in [0.15, 0.2) is 46.1 Å². The third-order valence-electron chi connectivity index (χ3n) is 6.08. The SMILES string of the molecule is Cc1cc2nc3c(=O)n(C)c(=O)nc-3n(C[C@H](O)[C@H](O)[C@H](O)CO)c2cc1NCCc1ccccn1. The number of anilines is 1. The molecule has 0 unspecified atom stereocenters. The summed E-state index contributed by atoms with van der Waals surface area (Å²) in [6.07, 6.45) is -2.41. The molecule has 1 aromatic carbocycles. The average Bonchev–Trinajstić information content (AvgIpc) is 2.88. The van der Waals surface area contributed by atoms with Gasteiger partial charge in [0.1, 0.15) is 18.3 Å². The monoisotopic (exact) mass is 496 g/mol. The molecule has 0 amide bonds. The maximum absolute atomic E-state index is 12.8. The molecule has 12 nitrogen and oxygen atoms in total. The second kappa shape index (κ2) is 10.5. The van der Waals surface area contributed by atoms with Crippen molar-refractivity contribution in [2.24, 2.45) is 7.05 Å². The number of aryl methyl sites for hydroxylation is 1. The van der Waals surface area contributed by atoms with Gasteiger partial charge >= 0.3 is 5.69 Å². The lowest BCUT2D eigenvalue weighted by atomic mass is 10.1. The van der Waals surface area contributed by atoms with E-state index in [0.717, 1.165) is 21.5 Å². The Kier molecular flexibility index (Phi) is 7.40. The van der Waals surface area contributed by atoms with Gasteiger partial charge in [0.2, 0.25) is 0 Å². The van der Waals surface area contributed by atoms with Crippen molar-refractivity contribution in [2.45, 2.75) is 38.2 Å². The Morgan fingerprint density at radius 2 is 1.86 bits per heavy atom. The largest absolute Gasteiger partial charge is 0.394 e. The number of fused-ring (bicyclic) bond motifs is 2. The van der Waals surface area contributed by atoms with Gasteiger partial charge in [0.15, 0.2) is 11.5 Å². The van der Waals surface area contributed by atoms with Crippen LogP contribution in [0.2, 0.25) is 0 Å². The first-order valence-corrected chi connectivity index (χ1v) is 11.4. The Hall–Kier alpha value is -3.71. The van der Waals surface area contributed by atoms with E-state index in [1.165, 1.54) is 11.6 Å². The van der Waals surface area contributed by atoms with E-state index < -0.39 is 36.2 Å². The second-order valence-corrected chi connectivity index (χ2v) is 8.61. The van der Waals surface area contributed by atoms with Crippen LogP contribution in [-0.4, -0.2) is 76.0 Å². The molecule has 2 aromatic rings. The third kappa shape index (κ3) is 4.97. The van der Waals surface area contributed by atoms with Gasteiger partial charge in [-0.25, -0.2) is 9.78 Å². The highest BCUT2D eigenvalue weighted by molar-refractivity contribution is 5.84. The molecule has 0 radical (unpaired) electrons. The Bertz CT molecular complexity index is 1450. The first-order chi connectivity index (χ1) is 17.2. The zero-order chi connectivity index (χ0) is 26.0. The molecule has 3 heterocycles. The molecule has 2 aliphatic heterocycles. The van der Waals surface area contributed by atoms with Crippen LogP contribution in [0, 0.1) is 6.92 Å². The number of aromatic nitrogens is 5. The van der Waals surface area contributed by atoms with Crippen molar-refractivity contribution in [1.82, 2.24) is 24.1 Å². The van der Waals surface area contributed by atoms with Crippen molar-refractivity contribution in [2.75, 3.05) is 18.5 Å². The van der Waals surface area contributed by atoms with Gasteiger partial charge in [-0.1, -0.05) is 6.07 Å². The van der Waals surface area contributed by atoms with Crippen molar-refractivity contribution in [3.8, 4) is 11.5 Å². The van der Waals surface area contributed by atoms with Crippen LogP contribution in [0.1, 0.15) is 11.3 Å². The fourth-order valence-corrected chi connectivity index (χ4v) is 3.97. The highest BCUT2D eigenvalue weighted by atomic mass is 16.4. The normalized spacial score (nSPS) is 14.2. The molecular formula is C24H28N6O6. The molecule has 0 spiro atoms. The first kappa shape index (κ1) is 25.4. The van der Waals surface area contributed by atoms with Crippen LogP contribution in [0.5, 0.6) is 0 Å². The molecule has 3 atom stereocenters. The third-order valence-corrected chi connectivity index (χ3v) is 6.08. The molecule has 5 N–H and O–H groups in total. The fourth-order valence-electron chi connectivity index (χ4n) is 3.97. The van der Waals surface area contributed by atoms with Crippen LogP contribution >= 0.6 is 0 Å². The minimum atomic E-state index is -1.68. The Morgan fingerprint density at radius 3 is 2.56 bits per heavy atom. The van der Waals surface area contributed by atoms with E-state index in [4.69, 9.17) is 5.11 Å². The van der Waals surface area contributed by atoms with Gasteiger partial charge in [-0.15, -0.1) is 0 Å². The van der Waals surface area contributed by atoms with Crippen LogP contribution < -0.4 is 16.6 Å². The zero-order valence-corrected chi connectivity index (χ0v) is 19.9. The predicted octanol–water partition coefficient (Wildman–Crippen LogP) is -0.972. The van der Waals surface area contributed by atoms with Crippen LogP contribution in [0.4, 0.5) is 5.69 Å². The molecule has 1 aromatic heterocycles. The zero-order valence-electron chi connectivity index (χ0n) is 19.9.